The van der Waals surface area contributed by atoms with Gasteiger partial charge in [0.15, 0.2) is 5.54 Å². The molecule has 0 radical (unpaired) electrons. The topological polar surface area (TPSA) is 65.1 Å². The lowest BCUT2D eigenvalue weighted by Crippen LogP contribution is -2.55. The van der Waals surface area contributed by atoms with Gasteiger partial charge in [0.1, 0.15) is 5.75 Å². The van der Waals surface area contributed by atoms with Crippen LogP contribution in [-0.2, 0) is 32.2 Å². The average molecular weight is 381 g/mol. The van der Waals surface area contributed by atoms with Crippen molar-refractivity contribution in [1.29, 1.82) is 0 Å². The molecule has 0 aliphatic carbocycles. The van der Waals surface area contributed by atoms with Crippen LogP contribution in [0.2, 0.25) is 0 Å². The Bertz CT molecular complexity index is 847. The van der Waals surface area contributed by atoms with Crippen molar-refractivity contribution in [2.45, 2.75) is 18.7 Å². The number of nitrogens with zero attached hydrogens (tertiary/aromatic N) is 1. The lowest BCUT2D eigenvalue weighted by molar-refractivity contribution is -0.160. The van der Waals surface area contributed by atoms with Crippen LogP contribution in [0.4, 0.5) is 0 Å². The predicted molar refractivity (Wildman–Crippen MR) is 104 cm³/mol. The summed E-state index contributed by atoms with van der Waals surface area (Å²) in [5, 5.41) is 0. The fraction of sp³-hybridized carbons (Fsp3) is 0.273. The van der Waals surface area contributed by atoms with Crippen LogP contribution in [-0.4, -0.2) is 43.1 Å². The maximum atomic E-state index is 12.7. The van der Waals surface area contributed by atoms with Gasteiger partial charge >= 0.3 is 5.97 Å². The molecule has 2 aromatic rings. The van der Waals surface area contributed by atoms with Crippen molar-refractivity contribution in [2.75, 3.05) is 20.8 Å². The van der Waals surface area contributed by atoms with Crippen molar-refractivity contribution in [2.24, 2.45) is 0 Å². The Morgan fingerprint density at radius 3 is 2.36 bits per heavy atom. The highest BCUT2D eigenvalue weighted by Crippen LogP contribution is 2.29. The van der Waals surface area contributed by atoms with Crippen molar-refractivity contribution in [3.8, 4) is 5.75 Å². The van der Waals surface area contributed by atoms with Gasteiger partial charge in [-0.25, -0.2) is 4.79 Å². The largest absolute Gasteiger partial charge is 0.497 e. The second-order valence-corrected chi connectivity index (χ2v) is 6.50. The summed E-state index contributed by atoms with van der Waals surface area (Å²) in [6.07, 6.45) is 2.96. The molecule has 0 spiro atoms. The Morgan fingerprint density at radius 2 is 1.71 bits per heavy atom. The molecule has 3 rings (SSSR count). The minimum atomic E-state index is -1.29. The number of esters is 1. The molecule has 0 bridgehead atoms. The number of ether oxygens (including phenoxy) is 3. The van der Waals surface area contributed by atoms with Crippen molar-refractivity contribution in [3.63, 3.8) is 0 Å². The van der Waals surface area contributed by atoms with E-state index >= 15 is 0 Å². The number of rotatable bonds is 8. The lowest BCUT2D eigenvalue weighted by Gasteiger charge is -2.35. The van der Waals surface area contributed by atoms with Crippen LogP contribution in [0.25, 0.3) is 0 Å². The third kappa shape index (κ3) is 4.07. The molecule has 0 saturated carbocycles. The van der Waals surface area contributed by atoms with E-state index in [1.165, 1.54) is 18.1 Å². The van der Waals surface area contributed by atoms with E-state index in [4.69, 9.17) is 14.2 Å². The van der Waals surface area contributed by atoms with Gasteiger partial charge in [-0.15, -0.1) is 0 Å². The lowest BCUT2D eigenvalue weighted by atomic mass is 9.99. The number of carbonyl (C=O) groups excluding carboxylic acids is 2. The van der Waals surface area contributed by atoms with Crippen LogP contribution in [0.15, 0.2) is 66.7 Å². The van der Waals surface area contributed by atoms with Gasteiger partial charge in [0.25, 0.3) is 0 Å². The van der Waals surface area contributed by atoms with E-state index < -0.39 is 11.5 Å². The molecule has 1 aliphatic rings. The summed E-state index contributed by atoms with van der Waals surface area (Å²) in [4.78, 5) is 26.7. The third-order valence-electron chi connectivity index (χ3n) is 4.72. The van der Waals surface area contributed by atoms with E-state index in [-0.39, 0.29) is 19.1 Å². The third-order valence-corrected chi connectivity index (χ3v) is 4.72. The number of benzene rings is 2. The van der Waals surface area contributed by atoms with Crippen molar-refractivity contribution in [3.05, 3.63) is 77.9 Å². The molecule has 2 aromatic carbocycles. The molecule has 146 valence electrons. The molecule has 1 aliphatic heterocycles. The fourth-order valence-corrected chi connectivity index (χ4v) is 3.16. The Balaban J connectivity index is 1.78. The normalized spacial score (nSPS) is 18.4. The second kappa shape index (κ2) is 8.71. The zero-order valence-corrected chi connectivity index (χ0v) is 16.0. The highest BCUT2D eigenvalue weighted by atomic mass is 16.5. The first-order valence-electron chi connectivity index (χ1n) is 8.93. The molecule has 0 aromatic heterocycles. The molecule has 1 unspecified atom stereocenters. The zero-order chi connectivity index (χ0) is 20.0. The van der Waals surface area contributed by atoms with Gasteiger partial charge in [0.2, 0.25) is 5.91 Å². The summed E-state index contributed by atoms with van der Waals surface area (Å²) in [6, 6.07) is 17.0. The molecule has 1 heterocycles. The average Bonchev–Trinajstić information content (AvgIpc) is 3.05. The van der Waals surface area contributed by atoms with Crippen molar-refractivity contribution in [1.82, 2.24) is 4.90 Å². The molecular weight excluding hydrogens is 358 g/mol. The molecule has 6 nitrogen and oxygen atoms in total. The Kier molecular flexibility index (Phi) is 6.11. The van der Waals surface area contributed by atoms with Crippen LogP contribution in [0.1, 0.15) is 11.1 Å². The molecule has 0 saturated heterocycles. The maximum Gasteiger partial charge on any atom is 0.338 e. The van der Waals surface area contributed by atoms with Crippen LogP contribution >= 0.6 is 0 Å². The SMILES string of the molecule is COC(=O)C1(COCc2ccccc2)C=CC(=O)N1Cc1ccc(OC)cc1. The van der Waals surface area contributed by atoms with Crippen LogP contribution in [0, 0.1) is 0 Å². The molecule has 1 atom stereocenters. The Labute approximate surface area is 164 Å². The number of hydrogen-bond acceptors (Lipinski definition) is 5. The van der Waals surface area contributed by atoms with E-state index in [1.807, 2.05) is 54.6 Å². The van der Waals surface area contributed by atoms with Crippen molar-refractivity contribution < 1.29 is 23.8 Å². The number of amides is 1. The number of carbonyl (C=O) groups is 2. The quantitative estimate of drug-likeness (QED) is 0.658. The first kappa shape index (κ1) is 19.6. The van der Waals surface area contributed by atoms with E-state index in [9.17, 15) is 9.59 Å². The summed E-state index contributed by atoms with van der Waals surface area (Å²) in [7, 11) is 2.90. The van der Waals surface area contributed by atoms with E-state index in [0.29, 0.717) is 6.61 Å². The van der Waals surface area contributed by atoms with Crippen molar-refractivity contribution >= 4 is 11.9 Å². The fourth-order valence-electron chi connectivity index (χ4n) is 3.16. The van der Waals surface area contributed by atoms with Gasteiger partial charge in [0.05, 0.1) is 27.4 Å². The number of methoxy groups -OCH3 is 2. The Hall–Kier alpha value is -3.12. The predicted octanol–water partition coefficient (Wildman–Crippen LogP) is 2.72. The second-order valence-electron chi connectivity index (χ2n) is 6.50. The van der Waals surface area contributed by atoms with Crippen LogP contribution < -0.4 is 4.74 Å². The minimum Gasteiger partial charge on any atom is -0.497 e. The smallest absolute Gasteiger partial charge is 0.338 e. The van der Waals surface area contributed by atoms with Crippen LogP contribution in [0.5, 0.6) is 5.75 Å². The summed E-state index contributed by atoms with van der Waals surface area (Å²) in [5.41, 5.74) is 0.562. The Morgan fingerprint density at radius 1 is 1.00 bits per heavy atom. The molecule has 6 heteroatoms. The first-order valence-corrected chi connectivity index (χ1v) is 8.93. The van der Waals surface area contributed by atoms with E-state index in [2.05, 4.69) is 0 Å². The molecule has 1 amide bonds. The summed E-state index contributed by atoms with van der Waals surface area (Å²) < 4.78 is 16.0. The molecule has 0 fully saturated rings. The van der Waals surface area contributed by atoms with E-state index in [0.717, 1.165) is 16.9 Å². The minimum absolute atomic E-state index is 0.00691. The van der Waals surface area contributed by atoms with Crippen LogP contribution in [0.3, 0.4) is 0 Å². The number of hydrogen-bond donors (Lipinski definition) is 0. The zero-order valence-electron chi connectivity index (χ0n) is 16.0. The maximum absolute atomic E-state index is 12.7. The summed E-state index contributed by atoms with van der Waals surface area (Å²) >= 11 is 0. The molecule has 28 heavy (non-hydrogen) atoms. The first-order chi connectivity index (χ1) is 13.6. The van der Waals surface area contributed by atoms with Gasteiger partial charge < -0.3 is 19.1 Å². The van der Waals surface area contributed by atoms with E-state index in [1.54, 1.807) is 13.2 Å². The monoisotopic (exact) mass is 381 g/mol. The highest BCUT2D eigenvalue weighted by molar-refractivity contribution is 6.00. The summed E-state index contributed by atoms with van der Waals surface area (Å²) in [5.74, 6) is -0.0687. The van der Waals surface area contributed by atoms with Gasteiger partial charge in [-0.05, 0) is 29.3 Å². The summed E-state index contributed by atoms with van der Waals surface area (Å²) in [6.45, 7) is 0.588. The molecular formula is C22H23NO5. The molecule has 0 N–H and O–H groups in total. The van der Waals surface area contributed by atoms with Gasteiger partial charge in [0, 0.05) is 12.6 Å². The van der Waals surface area contributed by atoms with Gasteiger partial charge in [-0.3, -0.25) is 4.79 Å². The standard InChI is InChI=1S/C22H23NO5/c1-26-19-10-8-17(9-11-19)14-23-20(24)12-13-22(23,21(25)27-2)16-28-15-18-6-4-3-5-7-18/h3-13H,14-16H2,1-2H3. The van der Waals surface area contributed by atoms with Gasteiger partial charge in [-0.1, -0.05) is 42.5 Å². The highest BCUT2D eigenvalue weighted by Gasteiger charge is 2.49. The van der Waals surface area contributed by atoms with Gasteiger partial charge in [-0.2, -0.15) is 0 Å².